The Bertz CT molecular complexity index is 311. The zero-order chi connectivity index (χ0) is 10.7. The molecule has 84 valence electrons. The van der Waals surface area contributed by atoms with Crippen LogP contribution in [0.15, 0.2) is 4.42 Å². The second-order valence-corrected chi connectivity index (χ2v) is 4.26. The molecular weight excluding hydrogens is 190 g/mol. The second-order valence-electron chi connectivity index (χ2n) is 4.26. The van der Waals surface area contributed by atoms with Crippen LogP contribution in [-0.2, 0) is 13.0 Å². The van der Waals surface area contributed by atoms with E-state index in [0.29, 0.717) is 6.04 Å². The molecule has 0 unspecified atom stereocenters. The van der Waals surface area contributed by atoms with Gasteiger partial charge in [-0.3, -0.25) is 4.90 Å². The second kappa shape index (κ2) is 4.75. The van der Waals surface area contributed by atoms with Crippen molar-refractivity contribution in [2.45, 2.75) is 52.1 Å². The van der Waals surface area contributed by atoms with Crippen molar-refractivity contribution in [2.24, 2.45) is 0 Å². The van der Waals surface area contributed by atoms with Gasteiger partial charge in [-0.25, -0.2) is 0 Å². The maximum absolute atomic E-state index is 5.52. The normalized spacial score (nSPS) is 23.2. The van der Waals surface area contributed by atoms with Crippen LogP contribution in [0.1, 0.15) is 44.9 Å². The first-order chi connectivity index (χ1) is 7.29. The molecular formula is C11H19N3O. The van der Waals surface area contributed by atoms with Crippen molar-refractivity contribution in [1.82, 2.24) is 15.1 Å². The van der Waals surface area contributed by atoms with Crippen LogP contribution in [0.3, 0.4) is 0 Å². The maximum atomic E-state index is 5.52. The first kappa shape index (κ1) is 10.6. The highest BCUT2D eigenvalue weighted by atomic mass is 16.4. The van der Waals surface area contributed by atoms with Gasteiger partial charge in [-0.2, -0.15) is 0 Å². The molecule has 15 heavy (non-hydrogen) atoms. The molecule has 1 aliphatic heterocycles. The molecule has 0 aromatic carbocycles. The van der Waals surface area contributed by atoms with Gasteiger partial charge in [-0.05, 0) is 26.3 Å². The summed E-state index contributed by atoms with van der Waals surface area (Å²) in [5.41, 5.74) is 0. The summed E-state index contributed by atoms with van der Waals surface area (Å²) in [6.45, 7) is 6.27. The summed E-state index contributed by atoms with van der Waals surface area (Å²) in [4.78, 5) is 2.43. The third kappa shape index (κ3) is 2.56. The van der Waals surface area contributed by atoms with E-state index in [-0.39, 0.29) is 0 Å². The van der Waals surface area contributed by atoms with Gasteiger partial charge in [-0.1, -0.05) is 13.3 Å². The quantitative estimate of drug-likeness (QED) is 0.763. The first-order valence-corrected chi connectivity index (χ1v) is 5.85. The Morgan fingerprint density at radius 3 is 2.80 bits per heavy atom. The summed E-state index contributed by atoms with van der Waals surface area (Å²) >= 11 is 0. The number of nitrogens with zero attached hydrogens (tertiary/aromatic N) is 3. The molecule has 0 spiro atoms. The van der Waals surface area contributed by atoms with Gasteiger partial charge in [0, 0.05) is 12.5 Å². The minimum Gasteiger partial charge on any atom is -0.424 e. The van der Waals surface area contributed by atoms with Crippen molar-refractivity contribution in [3.63, 3.8) is 0 Å². The standard InChI is InChI=1S/C11H19N3O/c1-3-10-12-13-11(15-10)8-14-7-5-4-6-9(14)2/h9H,3-8H2,1-2H3/t9-/m1/s1. The molecule has 0 bridgehead atoms. The van der Waals surface area contributed by atoms with Crippen molar-refractivity contribution in [2.75, 3.05) is 6.54 Å². The fourth-order valence-corrected chi connectivity index (χ4v) is 2.06. The van der Waals surface area contributed by atoms with Gasteiger partial charge in [0.1, 0.15) is 0 Å². The molecule has 0 aliphatic carbocycles. The number of piperidine rings is 1. The molecule has 0 N–H and O–H groups in total. The Balaban J connectivity index is 1.95. The van der Waals surface area contributed by atoms with Crippen LogP contribution in [0, 0.1) is 0 Å². The summed E-state index contributed by atoms with van der Waals surface area (Å²) in [5.74, 6) is 1.51. The highest BCUT2D eigenvalue weighted by molar-refractivity contribution is 4.84. The zero-order valence-corrected chi connectivity index (χ0v) is 9.57. The predicted molar refractivity (Wildman–Crippen MR) is 57.4 cm³/mol. The van der Waals surface area contributed by atoms with Gasteiger partial charge < -0.3 is 4.42 Å². The molecule has 1 saturated heterocycles. The van der Waals surface area contributed by atoms with Gasteiger partial charge in [0.05, 0.1) is 6.54 Å². The van der Waals surface area contributed by atoms with Gasteiger partial charge >= 0.3 is 0 Å². The third-order valence-electron chi connectivity index (χ3n) is 3.09. The van der Waals surface area contributed by atoms with Gasteiger partial charge in [0.2, 0.25) is 11.8 Å². The highest BCUT2D eigenvalue weighted by Gasteiger charge is 2.20. The molecule has 1 aliphatic rings. The lowest BCUT2D eigenvalue weighted by atomic mass is 10.0. The molecule has 0 amide bonds. The lowest BCUT2D eigenvalue weighted by Gasteiger charge is -2.31. The topological polar surface area (TPSA) is 42.2 Å². The van der Waals surface area contributed by atoms with Crippen molar-refractivity contribution >= 4 is 0 Å². The van der Waals surface area contributed by atoms with Crippen molar-refractivity contribution in [3.05, 3.63) is 11.8 Å². The van der Waals surface area contributed by atoms with E-state index in [9.17, 15) is 0 Å². The van der Waals surface area contributed by atoms with E-state index < -0.39 is 0 Å². The van der Waals surface area contributed by atoms with E-state index in [2.05, 4.69) is 22.0 Å². The number of aromatic nitrogens is 2. The van der Waals surface area contributed by atoms with E-state index >= 15 is 0 Å². The fraction of sp³-hybridized carbons (Fsp3) is 0.818. The average molecular weight is 209 g/mol. The maximum Gasteiger partial charge on any atom is 0.230 e. The van der Waals surface area contributed by atoms with Crippen LogP contribution in [0.4, 0.5) is 0 Å². The third-order valence-corrected chi connectivity index (χ3v) is 3.09. The Morgan fingerprint density at radius 2 is 2.13 bits per heavy atom. The van der Waals surface area contributed by atoms with Crippen LogP contribution < -0.4 is 0 Å². The van der Waals surface area contributed by atoms with Gasteiger partial charge in [0.15, 0.2) is 0 Å². The van der Waals surface area contributed by atoms with Crippen molar-refractivity contribution in [3.8, 4) is 0 Å². The van der Waals surface area contributed by atoms with Crippen LogP contribution in [0.2, 0.25) is 0 Å². The van der Waals surface area contributed by atoms with Crippen LogP contribution in [0.5, 0.6) is 0 Å². The number of hydrogen-bond acceptors (Lipinski definition) is 4. The number of likely N-dealkylation sites (tertiary alicyclic amines) is 1. The number of aryl methyl sites for hydroxylation is 1. The Kier molecular flexibility index (Phi) is 3.36. The first-order valence-electron chi connectivity index (χ1n) is 5.85. The van der Waals surface area contributed by atoms with Crippen LogP contribution in [0.25, 0.3) is 0 Å². The molecule has 1 atom stereocenters. The average Bonchev–Trinajstić information content (AvgIpc) is 2.69. The molecule has 2 heterocycles. The summed E-state index contributed by atoms with van der Waals surface area (Å²) in [5, 5.41) is 8.04. The SMILES string of the molecule is CCc1nnc(CN2CCCC[C@H]2C)o1. The number of hydrogen-bond donors (Lipinski definition) is 0. The lowest BCUT2D eigenvalue weighted by Crippen LogP contribution is -2.36. The predicted octanol–water partition coefficient (Wildman–Crippen LogP) is 2.01. The van der Waals surface area contributed by atoms with Crippen molar-refractivity contribution < 1.29 is 4.42 Å². The smallest absolute Gasteiger partial charge is 0.230 e. The molecule has 1 aromatic heterocycles. The molecule has 0 radical (unpaired) electrons. The molecule has 4 heteroatoms. The van der Waals surface area contributed by atoms with E-state index in [0.717, 1.165) is 31.3 Å². The molecule has 4 nitrogen and oxygen atoms in total. The van der Waals surface area contributed by atoms with Crippen LogP contribution in [-0.4, -0.2) is 27.7 Å². The van der Waals surface area contributed by atoms with Crippen molar-refractivity contribution in [1.29, 1.82) is 0 Å². The summed E-state index contributed by atoms with van der Waals surface area (Å²) in [6.07, 6.45) is 4.75. The summed E-state index contributed by atoms with van der Waals surface area (Å²) in [6, 6.07) is 0.649. The lowest BCUT2D eigenvalue weighted by molar-refractivity contribution is 0.138. The molecule has 1 aromatic rings. The molecule has 1 fully saturated rings. The highest BCUT2D eigenvalue weighted by Crippen LogP contribution is 2.18. The van der Waals surface area contributed by atoms with Gasteiger partial charge in [-0.15, -0.1) is 10.2 Å². The minimum atomic E-state index is 0.649. The monoisotopic (exact) mass is 209 g/mol. The molecule has 0 saturated carbocycles. The van der Waals surface area contributed by atoms with E-state index in [1.807, 2.05) is 6.92 Å². The molecule has 2 rings (SSSR count). The summed E-state index contributed by atoms with van der Waals surface area (Å²) < 4.78 is 5.52. The van der Waals surface area contributed by atoms with Gasteiger partial charge in [0.25, 0.3) is 0 Å². The zero-order valence-electron chi connectivity index (χ0n) is 9.57. The number of rotatable bonds is 3. The van der Waals surface area contributed by atoms with Crippen LogP contribution >= 0.6 is 0 Å². The van der Waals surface area contributed by atoms with E-state index in [1.165, 1.54) is 19.3 Å². The Hall–Kier alpha value is -0.900. The summed E-state index contributed by atoms with van der Waals surface area (Å²) in [7, 11) is 0. The fourth-order valence-electron chi connectivity index (χ4n) is 2.06. The minimum absolute atomic E-state index is 0.649. The largest absolute Gasteiger partial charge is 0.424 e. The van der Waals surface area contributed by atoms with E-state index in [1.54, 1.807) is 0 Å². The Morgan fingerprint density at radius 1 is 1.33 bits per heavy atom. The Labute approximate surface area is 90.7 Å². The van der Waals surface area contributed by atoms with E-state index in [4.69, 9.17) is 4.42 Å².